The highest BCUT2D eigenvalue weighted by atomic mass is 32.1. The zero-order valence-electron chi connectivity index (χ0n) is 15.4. The number of hydrogen-bond donors (Lipinski definition) is 1. The van der Waals surface area contributed by atoms with Crippen LogP contribution in [-0.2, 0) is 9.53 Å². The average molecular weight is 372 g/mol. The summed E-state index contributed by atoms with van der Waals surface area (Å²) in [6, 6.07) is 7.39. The van der Waals surface area contributed by atoms with E-state index in [1.54, 1.807) is 50.3 Å². The largest absolute Gasteiger partial charge is 0.389 e. The van der Waals surface area contributed by atoms with Crippen molar-refractivity contribution in [3.63, 3.8) is 0 Å². The Bertz CT molecular complexity index is 801. The molecule has 3 rings (SSSR count). The van der Waals surface area contributed by atoms with Gasteiger partial charge in [0.05, 0.1) is 22.7 Å². The van der Waals surface area contributed by atoms with Crippen molar-refractivity contribution >= 4 is 23.3 Å². The van der Waals surface area contributed by atoms with Crippen molar-refractivity contribution in [2.24, 2.45) is 5.41 Å². The number of thiazole rings is 1. The fourth-order valence-corrected chi connectivity index (χ4v) is 3.68. The fraction of sp³-hybridized carbons (Fsp3) is 0.450. The molecule has 0 bridgehead atoms. The molecule has 1 saturated heterocycles. The van der Waals surface area contributed by atoms with Crippen LogP contribution in [0.5, 0.6) is 0 Å². The maximum atomic E-state index is 12.3. The Morgan fingerprint density at radius 2 is 2.08 bits per heavy atom. The third-order valence-electron chi connectivity index (χ3n) is 4.32. The van der Waals surface area contributed by atoms with E-state index in [0.29, 0.717) is 11.6 Å². The van der Waals surface area contributed by atoms with Gasteiger partial charge in [0, 0.05) is 10.9 Å². The number of rotatable bonds is 3. The van der Waals surface area contributed by atoms with Gasteiger partial charge >= 0.3 is 11.9 Å². The Morgan fingerprint density at radius 1 is 1.27 bits per heavy atom. The van der Waals surface area contributed by atoms with Gasteiger partial charge in [0.1, 0.15) is 5.01 Å². The third-order valence-corrected chi connectivity index (χ3v) is 5.28. The van der Waals surface area contributed by atoms with Crippen molar-refractivity contribution < 1.29 is 14.3 Å². The smallest absolute Gasteiger partial charge is 0.345 e. The first-order valence-electron chi connectivity index (χ1n) is 8.90. The Morgan fingerprint density at radius 3 is 2.77 bits per heavy atom. The molecule has 6 heteroatoms. The topological polar surface area (TPSA) is 68.3 Å². The molecule has 0 amide bonds. The SMILES string of the molecule is CC(C)(C)C(=O)OC(=O)c1cccc(-c2csc([C@H]3CCCCN3)n2)c1. The number of nitrogens with one attached hydrogen (secondary N) is 1. The van der Waals surface area contributed by atoms with Crippen LogP contribution in [-0.4, -0.2) is 23.5 Å². The van der Waals surface area contributed by atoms with Crippen LogP contribution < -0.4 is 5.32 Å². The summed E-state index contributed by atoms with van der Waals surface area (Å²) in [4.78, 5) is 28.9. The van der Waals surface area contributed by atoms with E-state index < -0.39 is 17.4 Å². The third kappa shape index (κ3) is 4.37. The normalized spacial score (nSPS) is 17.7. The lowest BCUT2D eigenvalue weighted by Gasteiger charge is -2.21. The summed E-state index contributed by atoms with van der Waals surface area (Å²) < 4.78 is 4.99. The Balaban J connectivity index is 1.76. The van der Waals surface area contributed by atoms with Crippen molar-refractivity contribution in [2.45, 2.75) is 46.1 Å². The first-order chi connectivity index (χ1) is 12.3. The molecule has 1 aromatic carbocycles. The second-order valence-corrected chi connectivity index (χ2v) is 8.47. The summed E-state index contributed by atoms with van der Waals surface area (Å²) in [7, 11) is 0. The highest BCUT2D eigenvalue weighted by Crippen LogP contribution is 2.30. The highest BCUT2D eigenvalue weighted by Gasteiger charge is 2.26. The summed E-state index contributed by atoms with van der Waals surface area (Å²) in [5, 5.41) is 6.59. The van der Waals surface area contributed by atoms with Crippen LogP contribution in [0.15, 0.2) is 29.6 Å². The van der Waals surface area contributed by atoms with Crippen LogP contribution in [0.3, 0.4) is 0 Å². The summed E-state index contributed by atoms with van der Waals surface area (Å²) in [5.74, 6) is -1.16. The Labute approximate surface area is 157 Å². The predicted octanol–water partition coefficient (Wildman–Crippen LogP) is 4.35. The number of carbonyl (C=O) groups excluding carboxylic acids is 2. The van der Waals surface area contributed by atoms with Gasteiger partial charge in [0.15, 0.2) is 0 Å². The van der Waals surface area contributed by atoms with Crippen LogP contribution in [0.25, 0.3) is 11.3 Å². The minimum Gasteiger partial charge on any atom is -0.389 e. The van der Waals surface area contributed by atoms with Gasteiger partial charge < -0.3 is 10.1 Å². The molecule has 0 saturated carbocycles. The van der Waals surface area contributed by atoms with Crippen LogP contribution in [0.2, 0.25) is 0 Å². The molecule has 1 aliphatic heterocycles. The Kier molecular flexibility index (Phi) is 5.53. The van der Waals surface area contributed by atoms with Gasteiger partial charge in [-0.1, -0.05) is 18.6 Å². The predicted molar refractivity (Wildman–Crippen MR) is 102 cm³/mol. The molecule has 2 aromatic rings. The molecule has 26 heavy (non-hydrogen) atoms. The fourth-order valence-electron chi connectivity index (χ4n) is 2.74. The van der Waals surface area contributed by atoms with Gasteiger partial charge in [-0.15, -0.1) is 11.3 Å². The average Bonchev–Trinajstić information content (AvgIpc) is 3.12. The molecule has 1 N–H and O–H groups in total. The number of nitrogens with zero attached hydrogens (tertiary/aromatic N) is 1. The van der Waals surface area contributed by atoms with Gasteiger partial charge in [-0.25, -0.2) is 9.78 Å². The molecule has 5 nitrogen and oxygen atoms in total. The minimum absolute atomic E-state index is 0.319. The van der Waals surface area contributed by atoms with Crippen molar-refractivity contribution in [1.29, 1.82) is 0 Å². The standard InChI is InChI=1S/C20H24N2O3S/c1-20(2,3)19(24)25-18(23)14-8-6-7-13(11-14)16-12-26-17(22-16)15-9-4-5-10-21-15/h6-8,11-12,15,21H,4-5,9-10H2,1-3H3/t15-/m1/s1. The molecule has 1 fully saturated rings. The maximum Gasteiger partial charge on any atom is 0.345 e. The molecule has 0 unspecified atom stereocenters. The summed E-state index contributed by atoms with van der Waals surface area (Å²) >= 11 is 1.64. The number of carbonyl (C=O) groups is 2. The highest BCUT2D eigenvalue weighted by molar-refractivity contribution is 7.10. The van der Waals surface area contributed by atoms with Crippen LogP contribution in [0, 0.1) is 5.41 Å². The van der Waals surface area contributed by atoms with Crippen LogP contribution >= 0.6 is 11.3 Å². The molecule has 1 aromatic heterocycles. The van der Waals surface area contributed by atoms with E-state index in [0.717, 1.165) is 29.2 Å². The van der Waals surface area contributed by atoms with Crippen molar-refractivity contribution in [1.82, 2.24) is 10.3 Å². The molecule has 138 valence electrons. The minimum atomic E-state index is -0.718. The van der Waals surface area contributed by atoms with E-state index in [1.165, 1.54) is 12.8 Å². The lowest BCUT2D eigenvalue weighted by atomic mass is 9.97. The van der Waals surface area contributed by atoms with Gasteiger partial charge in [-0.2, -0.15) is 0 Å². The van der Waals surface area contributed by atoms with E-state index in [4.69, 9.17) is 9.72 Å². The molecule has 1 aliphatic rings. The van der Waals surface area contributed by atoms with Crippen molar-refractivity contribution in [2.75, 3.05) is 6.54 Å². The van der Waals surface area contributed by atoms with Gasteiger partial charge in [-0.05, 0) is 52.3 Å². The van der Waals surface area contributed by atoms with E-state index >= 15 is 0 Å². The maximum absolute atomic E-state index is 12.3. The molecule has 1 atom stereocenters. The summed E-state index contributed by atoms with van der Waals surface area (Å²) in [6.45, 7) is 6.18. The zero-order valence-corrected chi connectivity index (χ0v) is 16.2. The molecule has 0 radical (unpaired) electrons. The molecule has 0 spiro atoms. The molecule has 2 heterocycles. The molecular formula is C20H24N2O3S. The lowest BCUT2D eigenvalue weighted by molar-refractivity contribution is -0.146. The zero-order chi connectivity index (χ0) is 18.7. The van der Waals surface area contributed by atoms with Gasteiger partial charge in [0.2, 0.25) is 0 Å². The Hall–Kier alpha value is -2.05. The number of aromatic nitrogens is 1. The molecule has 0 aliphatic carbocycles. The number of hydrogen-bond acceptors (Lipinski definition) is 6. The second-order valence-electron chi connectivity index (χ2n) is 7.58. The monoisotopic (exact) mass is 372 g/mol. The summed E-state index contributed by atoms with van der Waals surface area (Å²) in [5.41, 5.74) is 1.32. The number of piperidine rings is 1. The number of ether oxygens (including phenoxy) is 1. The van der Waals surface area contributed by atoms with E-state index in [1.807, 2.05) is 11.4 Å². The quantitative estimate of drug-likeness (QED) is 0.641. The lowest BCUT2D eigenvalue weighted by Crippen LogP contribution is -2.26. The van der Waals surface area contributed by atoms with Crippen molar-refractivity contribution in [3.8, 4) is 11.3 Å². The van der Waals surface area contributed by atoms with Crippen LogP contribution in [0.1, 0.15) is 61.4 Å². The number of esters is 2. The molecular weight excluding hydrogens is 348 g/mol. The van der Waals surface area contributed by atoms with E-state index in [2.05, 4.69) is 5.32 Å². The van der Waals surface area contributed by atoms with E-state index in [-0.39, 0.29) is 0 Å². The number of benzene rings is 1. The van der Waals surface area contributed by atoms with Gasteiger partial charge in [-0.3, -0.25) is 4.79 Å². The first-order valence-corrected chi connectivity index (χ1v) is 9.78. The van der Waals surface area contributed by atoms with Crippen molar-refractivity contribution in [3.05, 3.63) is 40.2 Å². The first kappa shape index (κ1) is 18.7. The summed E-state index contributed by atoms with van der Waals surface area (Å²) in [6.07, 6.45) is 3.54. The van der Waals surface area contributed by atoms with Gasteiger partial charge in [0.25, 0.3) is 0 Å². The second kappa shape index (κ2) is 7.68. The van der Waals surface area contributed by atoms with E-state index in [9.17, 15) is 9.59 Å². The van der Waals surface area contributed by atoms with Crippen LogP contribution in [0.4, 0.5) is 0 Å².